The van der Waals surface area contributed by atoms with Gasteiger partial charge in [-0.2, -0.15) is 0 Å². The highest BCUT2D eigenvalue weighted by Crippen LogP contribution is 2.16. The summed E-state index contributed by atoms with van der Waals surface area (Å²) in [6.07, 6.45) is 0. The highest BCUT2D eigenvalue weighted by atomic mass is 32.2. The first-order valence-corrected chi connectivity index (χ1v) is 7.59. The molecule has 0 amide bonds. The average molecular weight is 269 g/mol. The number of rotatable bonds is 7. The van der Waals surface area contributed by atoms with Gasteiger partial charge in [0.25, 0.3) is 0 Å². The molecule has 0 aromatic heterocycles. The van der Waals surface area contributed by atoms with Crippen LogP contribution in [0.1, 0.15) is 0 Å². The van der Waals surface area contributed by atoms with Crippen molar-refractivity contribution in [3.63, 3.8) is 0 Å². The second-order valence-corrected chi connectivity index (χ2v) is 5.98. The van der Waals surface area contributed by atoms with E-state index in [0.29, 0.717) is 18.3 Å². The van der Waals surface area contributed by atoms with Crippen LogP contribution in [-0.2, 0) is 10.8 Å². The van der Waals surface area contributed by atoms with E-state index < -0.39 is 10.8 Å². The fraction of sp³-hybridized carbons (Fsp3) is 0.538. The molecule has 0 spiro atoms. The summed E-state index contributed by atoms with van der Waals surface area (Å²) in [7, 11) is 0.865. The minimum Gasteiger partial charge on any atom is -0.497 e. The molecule has 1 N–H and O–H groups in total. The van der Waals surface area contributed by atoms with Gasteiger partial charge < -0.3 is 14.8 Å². The van der Waals surface area contributed by atoms with Crippen LogP contribution in [0, 0.1) is 5.92 Å². The zero-order valence-corrected chi connectivity index (χ0v) is 11.4. The van der Waals surface area contributed by atoms with Crippen LogP contribution in [0.2, 0.25) is 0 Å². The maximum absolute atomic E-state index is 11.7. The zero-order chi connectivity index (χ0) is 12.8. The zero-order valence-electron chi connectivity index (χ0n) is 10.6. The monoisotopic (exact) mass is 269 g/mol. The normalized spacial score (nSPS) is 16.9. The van der Waals surface area contributed by atoms with E-state index >= 15 is 0 Å². The Labute approximate surface area is 110 Å². The van der Waals surface area contributed by atoms with E-state index in [4.69, 9.17) is 9.47 Å². The van der Waals surface area contributed by atoms with E-state index in [0.717, 1.165) is 30.3 Å². The summed E-state index contributed by atoms with van der Waals surface area (Å²) in [6.45, 7) is 2.51. The first-order valence-electron chi connectivity index (χ1n) is 6.10. The molecule has 1 fully saturated rings. The Morgan fingerprint density at radius 1 is 1.28 bits per heavy atom. The summed E-state index contributed by atoms with van der Waals surface area (Å²) >= 11 is 0. The summed E-state index contributed by atoms with van der Waals surface area (Å²) < 4.78 is 22.3. The van der Waals surface area contributed by atoms with Crippen LogP contribution >= 0.6 is 0 Å². The fourth-order valence-electron chi connectivity index (χ4n) is 1.74. The molecule has 1 heterocycles. The molecule has 1 aliphatic heterocycles. The minimum atomic E-state index is -0.768. The van der Waals surface area contributed by atoms with Gasteiger partial charge >= 0.3 is 0 Å². The Morgan fingerprint density at radius 2 is 1.94 bits per heavy atom. The van der Waals surface area contributed by atoms with Gasteiger partial charge in [-0.05, 0) is 30.2 Å². The summed E-state index contributed by atoms with van der Waals surface area (Å²) in [5.74, 6) is 3.58. The Kier molecular flexibility index (Phi) is 5.01. The Balaban J connectivity index is 1.65. The van der Waals surface area contributed by atoms with Gasteiger partial charge in [0.1, 0.15) is 11.5 Å². The predicted octanol–water partition coefficient (Wildman–Crippen LogP) is 1.04. The number of benzene rings is 1. The largest absolute Gasteiger partial charge is 0.497 e. The van der Waals surface area contributed by atoms with Gasteiger partial charge in [0.05, 0.1) is 19.5 Å². The molecule has 18 heavy (non-hydrogen) atoms. The molecule has 100 valence electrons. The average Bonchev–Trinajstić information content (AvgIpc) is 2.35. The first-order chi connectivity index (χ1) is 8.78. The van der Waals surface area contributed by atoms with Crippen molar-refractivity contribution in [1.29, 1.82) is 0 Å². The van der Waals surface area contributed by atoms with Crippen LogP contribution in [-0.4, -0.2) is 42.5 Å². The van der Waals surface area contributed by atoms with Gasteiger partial charge in [-0.3, -0.25) is 4.21 Å². The molecule has 1 saturated heterocycles. The first kappa shape index (κ1) is 13.4. The highest BCUT2D eigenvalue weighted by molar-refractivity contribution is 7.85. The number of hydrogen-bond acceptors (Lipinski definition) is 4. The fourth-order valence-corrected chi connectivity index (χ4v) is 2.93. The lowest BCUT2D eigenvalue weighted by Crippen LogP contribution is -2.45. The summed E-state index contributed by atoms with van der Waals surface area (Å²) in [6, 6.07) is 7.42. The van der Waals surface area contributed by atoms with Crippen molar-refractivity contribution in [2.75, 3.05) is 38.3 Å². The third kappa shape index (κ3) is 3.99. The molecule has 4 nitrogen and oxygen atoms in total. The molecule has 1 unspecified atom stereocenters. The van der Waals surface area contributed by atoms with Crippen molar-refractivity contribution in [3.8, 4) is 11.5 Å². The Morgan fingerprint density at radius 3 is 2.50 bits per heavy atom. The maximum Gasteiger partial charge on any atom is 0.119 e. The second-order valence-electron chi connectivity index (χ2n) is 4.36. The third-order valence-electron chi connectivity index (χ3n) is 2.93. The van der Waals surface area contributed by atoms with Gasteiger partial charge in [0.15, 0.2) is 0 Å². The third-order valence-corrected chi connectivity index (χ3v) is 4.39. The molecule has 1 aliphatic rings. The number of methoxy groups -OCH3 is 1. The number of hydrogen-bond donors (Lipinski definition) is 1. The topological polar surface area (TPSA) is 47.6 Å². The molecule has 0 radical (unpaired) electrons. The molecule has 1 aromatic carbocycles. The van der Waals surface area contributed by atoms with E-state index in [1.54, 1.807) is 7.11 Å². The van der Waals surface area contributed by atoms with Gasteiger partial charge in [-0.25, -0.2) is 0 Å². The van der Waals surface area contributed by atoms with Crippen molar-refractivity contribution >= 4 is 10.8 Å². The molecular formula is C13H19NO3S. The minimum absolute atomic E-state index is 0.499. The van der Waals surface area contributed by atoms with Crippen LogP contribution in [0.15, 0.2) is 24.3 Å². The molecule has 1 atom stereocenters. The van der Waals surface area contributed by atoms with Crippen LogP contribution in [0.4, 0.5) is 0 Å². The van der Waals surface area contributed by atoms with Crippen molar-refractivity contribution in [2.24, 2.45) is 5.92 Å². The second kappa shape index (κ2) is 6.75. The summed E-state index contributed by atoms with van der Waals surface area (Å²) in [5, 5.41) is 3.18. The molecule has 1 aromatic rings. The van der Waals surface area contributed by atoms with Crippen LogP contribution in [0.3, 0.4) is 0 Å². The van der Waals surface area contributed by atoms with E-state index in [9.17, 15) is 4.21 Å². The van der Waals surface area contributed by atoms with Crippen molar-refractivity contribution in [2.45, 2.75) is 0 Å². The number of ether oxygens (including phenoxy) is 2. The SMILES string of the molecule is COc1ccc(OCCS(=O)CC2CNC2)cc1. The van der Waals surface area contributed by atoms with Gasteiger partial charge in [-0.1, -0.05) is 0 Å². The molecular weight excluding hydrogens is 250 g/mol. The molecule has 0 aliphatic carbocycles. The Hall–Kier alpha value is -1.07. The lowest BCUT2D eigenvalue weighted by atomic mass is 10.1. The summed E-state index contributed by atoms with van der Waals surface area (Å²) in [4.78, 5) is 0. The number of nitrogens with one attached hydrogen (secondary N) is 1. The smallest absolute Gasteiger partial charge is 0.119 e. The van der Waals surface area contributed by atoms with Gasteiger partial charge in [0.2, 0.25) is 0 Å². The molecule has 0 saturated carbocycles. The van der Waals surface area contributed by atoms with E-state index in [-0.39, 0.29) is 0 Å². The van der Waals surface area contributed by atoms with Crippen LogP contribution < -0.4 is 14.8 Å². The summed E-state index contributed by atoms with van der Waals surface area (Å²) in [5.41, 5.74) is 0. The Bertz CT molecular complexity index is 390. The predicted molar refractivity (Wildman–Crippen MR) is 72.7 cm³/mol. The maximum atomic E-state index is 11.7. The van der Waals surface area contributed by atoms with Crippen molar-refractivity contribution in [1.82, 2.24) is 5.32 Å². The molecule has 0 bridgehead atoms. The van der Waals surface area contributed by atoms with E-state index in [1.165, 1.54) is 0 Å². The van der Waals surface area contributed by atoms with Crippen LogP contribution in [0.25, 0.3) is 0 Å². The van der Waals surface area contributed by atoms with Gasteiger partial charge in [0, 0.05) is 29.6 Å². The van der Waals surface area contributed by atoms with Gasteiger partial charge in [-0.15, -0.1) is 0 Å². The molecule has 5 heteroatoms. The quantitative estimate of drug-likeness (QED) is 0.803. The van der Waals surface area contributed by atoms with E-state index in [1.807, 2.05) is 24.3 Å². The lowest BCUT2D eigenvalue weighted by molar-refractivity contribution is 0.340. The van der Waals surface area contributed by atoms with Crippen molar-refractivity contribution in [3.05, 3.63) is 24.3 Å². The highest BCUT2D eigenvalue weighted by Gasteiger charge is 2.19. The van der Waals surface area contributed by atoms with Crippen LogP contribution in [0.5, 0.6) is 11.5 Å². The van der Waals surface area contributed by atoms with E-state index in [2.05, 4.69) is 5.32 Å². The van der Waals surface area contributed by atoms with Crippen molar-refractivity contribution < 1.29 is 13.7 Å². The molecule has 2 rings (SSSR count). The standard InChI is InChI=1S/C13H19NO3S/c1-16-12-2-4-13(5-3-12)17-6-7-18(15)10-11-8-14-9-11/h2-5,11,14H,6-10H2,1H3. The lowest BCUT2D eigenvalue weighted by Gasteiger charge is -2.26.